The highest BCUT2D eigenvalue weighted by atomic mass is 16.2. The Kier molecular flexibility index (Phi) is 4.66. The number of hydrogen-bond donors (Lipinski definition) is 3. The molecule has 2 amide bonds. The molecule has 0 saturated heterocycles. The topological polar surface area (TPSA) is 69.8 Å². The summed E-state index contributed by atoms with van der Waals surface area (Å²) >= 11 is 0. The van der Waals surface area contributed by atoms with Crippen LogP contribution in [0, 0.1) is 0 Å². The Hall–Kier alpha value is -3.86. The molecule has 1 aromatic heterocycles. The van der Waals surface area contributed by atoms with E-state index in [2.05, 4.69) is 20.6 Å². The molecule has 5 nitrogen and oxygen atoms in total. The maximum atomic E-state index is 12.3. The maximum Gasteiger partial charge on any atom is 0.326 e. The zero-order valence-electron chi connectivity index (χ0n) is 14.5. The van der Waals surface area contributed by atoms with Crippen molar-refractivity contribution in [3.8, 4) is 22.5 Å². The van der Waals surface area contributed by atoms with E-state index in [9.17, 15) is 4.79 Å². The second-order valence-electron chi connectivity index (χ2n) is 5.99. The van der Waals surface area contributed by atoms with Gasteiger partial charge in [-0.05, 0) is 12.1 Å². The molecular formula is C22H18N4O. The summed E-state index contributed by atoms with van der Waals surface area (Å²) in [6.07, 6.45) is 0. The summed E-state index contributed by atoms with van der Waals surface area (Å²) in [6.45, 7) is 0. The van der Waals surface area contributed by atoms with Crippen molar-refractivity contribution in [3.05, 3.63) is 91.0 Å². The molecule has 0 radical (unpaired) electrons. The largest absolute Gasteiger partial charge is 0.326 e. The summed E-state index contributed by atoms with van der Waals surface area (Å²) in [4.78, 5) is 20.1. The van der Waals surface area contributed by atoms with Crippen molar-refractivity contribution in [3.63, 3.8) is 0 Å². The summed E-state index contributed by atoms with van der Waals surface area (Å²) < 4.78 is 0. The molecule has 3 aromatic carbocycles. The second kappa shape index (κ2) is 7.58. The van der Waals surface area contributed by atoms with E-state index in [-0.39, 0.29) is 6.03 Å². The van der Waals surface area contributed by atoms with Crippen LogP contribution in [0.2, 0.25) is 0 Å². The first-order valence-corrected chi connectivity index (χ1v) is 8.63. The third-order valence-electron chi connectivity index (χ3n) is 4.08. The number of urea groups is 1. The molecule has 4 rings (SSSR count). The van der Waals surface area contributed by atoms with E-state index in [1.807, 2.05) is 91.0 Å². The molecule has 1 heterocycles. The highest BCUT2D eigenvalue weighted by Gasteiger charge is 2.15. The van der Waals surface area contributed by atoms with Crippen molar-refractivity contribution in [1.82, 2.24) is 9.97 Å². The van der Waals surface area contributed by atoms with Gasteiger partial charge in [-0.15, -0.1) is 0 Å². The van der Waals surface area contributed by atoms with Crippen LogP contribution in [-0.4, -0.2) is 16.0 Å². The van der Waals surface area contributed by atoms with Crippen molar-refractivity contribution < 1.29 is 4.79 Å². The quantitative estimate of drug-likeness (QED) is 0.460. The van der Waals surface area contributed by atoms with Gasteiger partial charge >= 0.3 is 6.03 Å². The van der Waals surface area contributed by atoms with E-state index < -0.39 is 0 Å². The average Bonchev–Trinajstić information content (AvgIpc) is 3.14. The Morgan fingerprint density at radius 3 is 1.89 bits per heavy atom. The van der Waals surface area contributed by atoms with Crippen LogP contribution in [0.3, 0.4) is 0 Å². The standard InChI is InChI=1S/C22H18N4O/c27-22(23-18-14-8-3-9-15-18)26-21-24-19(16-10-4-1-5-11-16)20(25-21)17-12-6-2-7-13-17/h1-15H,(H3,23,24,25,26,27). The van der Waals surface area contributed by atoms with Gasteiger partial charge in [0.1, 0.15) is 0 Å². The van der Waals surface area contributed by atoms with Crippen molar-refractivity contribution in [2.75, 3.05) is 10.6 Å². The number of carbonyl (C=O) groups excluding carboxylic acids is 1. The van der Waals surface area contributed by atoms with Gasteiger partial charge < -0.3 is 10.3 Å². The molecule has 0 unspecified atom stereocenters. The number of hydrogen-bond acceptors (Lipinski definition) is 2. The van der Waals surface area contributed by atoms with Crippen LogP contribution in [0.4, 0.5) is 16.4 Å². The van der Waals surface area contributed by atoms with Crippen LogP contribution in [0.25, 0.3) is 22.5 Å². The van der Waals surface area contributed by atoms with Crippen LogP contribution in [0.5, 0.6) is 0 Å². The van der Waals surface area contributed by atoms with E-state index in [0.717, 1.165) is 22.5 Å². The summed E-state index contributed by atoms with van der Waals surface area (Å²) in [5.41, 5.74) is 4.34. The monoisotopic (exact) mass is 354 g/mol. The Balaban J connectivity index is 1.64. The zero-order valence-corrected chi connectivity index (χ0v) is 14.5. The fraction of sp³-hybridized carbons (Fsp3) is 0. The normalized spacial score (nSPS) is 10.4. The summed E-state index contributed by atoms with van der Waals surface area (Å²) in [7, 11) is 0. The van der Waals surface area contributed by atoms with Crippen LogP contribution in [-0.2, 0) is 0 Å². The van der Waals surface area contributed by atoms with Gasteiger partial charge in [0.2, 0.25) is 5.95 Å². The third-order valence-corrected chi connectivity index (χ3v) is 4.08. The lowest BCUT2D eigenvalue weighted by atomic mass is 10.1. The number of aromatic amines is 1. The highest BCUT2D eigenvalue weighted by Crippen LogP contribution is 2.31. The summed E-state index contributed by atoms with van der Waals surface area (Å²) in [6, 6.07) is 28.7. The van der Waals surface area contributed by atoms with Crippen molar-refractivity contribution >= 4 is 17.7 Å². The molecule has 132 valence electrons. The smallest absolute Gasteiger partial charge is 0.323 e. The number of amides is 2. The van der Waals surface area contributed by atoms with E-state index in [0.29, 0.717) is 11.6 Å². The first-order valence-electron chi connectivity index (χ1n) is 8.63. The SMILES string of the molecule is O=C(Nc1ccccc1)Nc1nc(-c2ccccc2)c(-c2ccccc2)[nH]1. The van der Waals surface area contributed by atoms with Gasteiger partial charge in [0.25, 0.3) is 0 Å². The lowest BCUT2D eigenvalue weighted by molar-refractivity contribution is 0.262. The minimum absolute atomic E-state index is 0.353. The molecule has 27 heavy (non-hydrogen) atoms. The first-order chi connectivity index (χ1) is 13.3. The Morgan fingerprint density at radius 1 is 0.704 bits per heavy atom. The number of anilines is 2. The van der Waals surface area contributed by atoms with Crippen LogP contribution in [0.1, 0.15) is 0 Å². The lowest BCUT2D eigenvalue weighted by Gasteiger charge is -2.04. The molecule has 0 fully saturated rings. The Labute approximate surface area is 157 Å². The summed E-state index contributed by atoms with van der Waals surface area (Å²) in [5.74, 6) is 0.390. The molecule has 0 atom stereocenters. The first kappa shape index (κ1) is 16.6. The number of benzene rings is 3. The minimum atomic E-state index is -0.353. The van der Waals surface area contributed by atoms with Gasteiger partial charge in [-0.3, -0.25) is 5.32 Å². The van der Waals surface area contributed by atoms with E-state index in [1.165, 1.54) is 0 Å². The molecule has 3 N–H and O–H groups in total. The van der Waals surface area contributed by atoms with Crippen molar-refractivity contribution in [2.45, 2.75) is 0 Å². The predicted molar refractivity (Wildman–Crippen MR) is 109 cm³/mol. The predicted octanol–water partition coefficient (Wildman–Crippen LogP) is 5.39. The number of nitrogens with one attached hydrogen (secondary N) is 3. The Bertz CT molecular complexity index is 971. The molecule has 4 aromatic rings. The van der Waals surface area contributed by atoms with Crippen molar-refractivity contribution in [1.29, 1.82) is 0 Å². The minimum Gasteiger partial charge on any atom is -0.323 e. The maximum absolute atomic E-state index is 12.3. The van der Waals surface area contributed by atoms with Crippen molar-refractivity contribution in [2.24, 2.45) is 0 Å². The average molecular weight is 354 g/mol. The molecule has 0 aliphatic carbocycles. The lowest BCUT2D eigenvalue weighted by Crippen LogP contribution is -2.20. The molecule has 0 aliphatic heterocycles. The Morgan fingerprint density at radius 2 is 1.26 bits per heavy atom. The zero-order chi connectivity index (χ0) is 18.5. The third kappa shape index (κ3) is 3.88. The molecule has 5 heteroatoms. The fourth-order valence-corrected chi connectivity index (χ4v) is 2.84. The van der Waals surface area contributed by atoms with Gasteiger partial charge in [-0.25, -0.2) is 9.78 Å². The van der Waals surface area contributed by atoms with Gasteiger partial charge in [-0.2, -0.15) is 0 Å². The molecule has 0 aliphatic rings. The summed E-state index contributed by atoms with van der Waals surface area (Å²) in [5, 5.41) is 5.56. The number of imidazole rings is 1. The molecule has 0 bridgehead atoms. The number of rotatable bonds is 4. The van der Waals surface area contributed by atoms with Gasteiger partial charge in [-0.1, -0.05) is 78.9 Å². The highest BCUT2D eigenvalue weighted by molar-refractivity contribution is 5.99. The van der Waals surface area contributed by atoms with Crippen LogP contribution < -0.4 is 10.6 Å². The van der Waals surface area contributed by atoms with E-state index in [4.69, 9.17) is 0 Å². The number of para-hydroxylation sites is 1. The molecular weight excluding hydrogens is 336 g/mol. The van der Waals surface area contributed by atoms with Crippen LogP contribution in [0.15, 0.2) is 91.0 Å². The van der Waals surface area contributed by atoms with Gasteiger partial charge in [0, 0.05) is 16.8 Å². The fourth-order valence-electron chi connectivity index (χ4n) is 2.84. The van der Waals surface area contributed by atoms with Gasteiger partial charge in [0.05, 0.1) is 11.4 Å². The number of H-pyrrole nitrogens is 1. The molecule has 0 saturated carbocycles. The van der Waals surface area contributed by atoms with Crippen LogP contribution >= 0.6 is 0 Å². The van der Waals surface area contributed by atoms with E-state index in [1.54, 1.807) is 0 Å². The number of carbonyl (C=O) groups is 1. The number of nitrogens with zero attached hydrogens (tertiary/aromatic N) is 1. The second-order valence-corrected chi connectivity index (χ2v) is 5.99. The molecule has 0 spiro atoms. The number of aromatic nitrogens is 2. The van der Waals surface area contributed by atoms with Gasteiger partial charge in [0.15, 0.2) is 0 Å². The van der Waals surface area contributed by atoms with E-state index >= 15 is 0 Å².